The van der Waals surface area contributed by atoms with Crippen molar-refractivity contribution in [3.63, 3.8) is 0 Å². The normalized spacial score (nSPS) is 14.7. The summed E-state index contributed by atoms with van der Waals surface area (Å²) in [4.78, 5) is 14.7. The number of nitriles is 1. The standard InChI is InChI=1S/C23H21N3O2/c24-16-19(15-21-10-11-22(28-21)26-12-4-1-5-13-26)23(27)25-20-9-8-17-6-2-3-7-18(17)14-20/h2-3,6-11,14-15H,1,4-5,12-13H2,(H,25,27)/b19-15+. The number of anilines is 2. The topological polar surface area (TPSA) is 69.3 Å². The van der Waals surface area contributed by atoms with Gasteiger partial charge < -0.3 is 14.6 Å². The van der Waals surface area contributed by atoms with Crippen LogP contribution in [0.1, 0.15) is 25.0 Å². The van der Waals surface area contributed by atoms with Crippen LogP contribution in [0.2, 0.25) is 0 Å². The van der Waals surface area contributed by atoms with Gasteiger partial charge in [-0.1, -0.05) is 30.3 Å². The zero-order valence-corrected chi connectivity index (χ0v) is 15.5. The van der Waals surface area contributed by atoms with E-state index >= 15 is 0 Å². The molecule has 5 nitrogen and oxygen atoms in total. The number of rotatable bonds is 4. The van der Waals surface area contributed by atoms with Crippen molar-refractivity contribution in [2.24, 2.45) is 0 Å². The monoisotopic (exact) mass is 371 g/mol. The molecule has 3 aromatic rings. The molecule has 2 heterocycles. The Kier molecular flexibility index (Phi) is 5.11. The van der Waals surface area contributed by atoms with E-state index < -0.39 is 5.91 Å². The minimum atomic E-state index is -0.450. The van der Waals surface area contributed by atoms with Gasteiger partial charge in [0.2, 0.25) is 0 Å². The van der Waals surface area contributed by atoms with Crippen molar-refractivity contribution < 1.29 is 9.21 Å². The summed E-state index contributed by atoms with van der Waals surface area (Å²) in [6.07, 6.45) is 5.05. The third-order valence-corrected chi connectivity index (χ3v) is 4.94. The highest BCUT2D eigenvalue weighted by molar-refractivity contribution is 6.10. The van der Waals surface area contributed by atoms with Crippen LogP contribution in [0.3, 0.4) is 0 Å². The van der Waals surface area contributed by atoms with Crippen molar-refractivity contribution in [1.29, 1.82) is 5.26 Å². The molecule has 4 rings (SSSR count). The van der Waals surface area contributed by atoms with Gasteiger partial charge in [-0.05, 0) is 48.2 Å². The maximum atomic E-state index is 12.5. The Balaban J connectivity index is 1.50. The molecular formula is C23H21N3O2. The van der Waals surface area contributed by atoms with E-state index in [4.69, 9.17) is 4.42 Å². The van der Waals surface area contributed by atoms with Gasteiger partial charge in [0, 0.05) is 30.9 Å². The zero-order valence-electron chi connectivity index (χ0n) is 15.5. The molecule has 0 saturated carbocycles. The van der Waals surface area contributed by atoms with Crippen LogP contribution in [0.25, 0.3) is 16.8 Å². The third-order valence-electron chi connectivity index (χ3n) is 4.94. The van der Waals surface area contributed by atoms with Gasteiger partial charge in [-0.25, -0.2) is 0 Å². The predicted molar refractivity (Wildman–Crippen MR) is 111 cm³/mol. The van der Waals surface area contributed by atoms with Crippen LogP contribution in [0.5, 0.6) is 0 Å². The van der Waals surface area contributed by atoms with Crippen LogP contribution in [0, 0.1) is 11.3 Å². The van der Waals surface area contributed by atoms with Crippen LogP contribution in [-0.4, -0.2) is 19.0 Å². The molecule has 0 unspecified atom stereocenters. The Morgan fingerprint density at radius 2 is 1.82 bits per heavy atom. The Morgan fingerprint density at radius 3 is 2.61 bits per heavy atom. The molecule has 1 amide bonds. The molecule has 1 aliphatic heterocycles. The lowest BCUT2D eigenvalue weighted by molar-refractivity contribution is -0.112. The van der Waals surface area contributed by atoms with Gasteiger partial charge >= 0.3 is 0 Å². The summed E-state index contributed by atoms with van der Waals surface area (Å²) in [5.74, 6) is 0.845. The van der Waals surface area contributed by atoms with E-state index in [1.54, 1.807) is 6.07 Å². The van der Waals surface area contributed by atoms with Gasteiger partial charge in [0.05, 0.1) is 0 Å². The van der Waals surface area contributed by atoms with Crippen molar-refractivity contribution in [3.05, 3.63) is 65.9 Å². The highest BCUT2D eigenvalue weighted by Crippen LogP contribution is 2.24. The molecule has 0 aliphatic carbocycles. The number of amides is 1. The van der Waals surface area contributed by atoms with Gasteiger partial charge in [-0.15, -0.1) is 0 Å². The predicted octanol–water partition coefficient (Wildman–Crippen LogP) is 4.97. The number of fused-ring (bicyclic) bond motifs is 1. The molecule has 0 bridgehead atoms. The fourth-order valence-electron chi connectivity index (χ4n) is 3.46. The first-order chi connectivity index (χ1) is 13.7. The van der Waals surface area contributed by atoms with Crippen molar-refractivity contribution in [2.75, 3.05) is 23.3 Å². The summed E-state index contributed by atoms with van der Waals surface area (Å²) in [6.45, 7) is 1.95. The minimum absolute atomic E-state index is 0.00713. The Bertz CT molecular complexity index is 1070. The molecule has 140 valence electrons. The number of carbonyl (C=O) groups excluding carboxylic acids is 1. The number of nitrogens with one attached hydrogen (secondary N) is 1. The minimum Gasteiger partial charge on any atom is -0.441 e. The Labute approximate surface area is 163 Å². The number of carbonyl (C=O) groups is 1. The molecule has 1 saturated heterocycles. The van der Waals surface area contributed by atoms with E-state index in [-0.39, 0.29) is 5.57 Å². The van der Waals surface area contributed by atoms with E-state index in [0.717, 1.165) is 42.6 Å². The molecule has 0 atom stereocenters. The number of nitrogens with zero attached hydrogens (tertiary/aromatic N) is 2. The summed E-state index contributed by atoms with van der Waals surface area (Å²) in [7, 11) is 0. The van der Waals surface area contributed by atoms with Gasteiger partial charge in [0.25, 0.3) is 5.91 Å². The highest BCUT2D eigenvalue weighted by Gasteiger charge is 2.15. The van der Waals surface area contributed by atoms with Gasteiger partial charge in [-0.3, -0.25) is 4.79 Å². The molecule has 0 radical (unpaired) electrons. The number of benzene rings is 2. The van der Waals surface area contributed by atoms with Crippen molar-refractivity contribution in [3.8, 4) is 6.07 Å². The van der Waals surface area contributed by atoms with Gasteiger partial charge in [-0.2, -0.15) is 5.26 Å². The molecule has 1 fully saturated rings. The fourth-order valence-corrected chi connectivity index (χ4v) is 3.46. The fraction of sp³-hybridized carbons (Fsp3) is 0.217. The van der Waals surface area contributed by atoms with Crippen LogP contribution < -0.4 is 10.2 Å². The number of piperidine rings is 1. The molecule has 1 aliphatic rings. The first-order valence-corrected chi connectivity index (χ1v) is 9.50. The second-order valence-electron chi connectivity index (χ2n) is 6.91. The highest BCUT2D eigenvalue weighted by atomic mass is 16.4. The van der Waals surface area contributed by atoms with Crippen LogP contribution in [0.15, 0.2) is 64.6 Å². The number of hydrogen-bond acceptors (Lipinski definition) is 4. The smallest absolute Gasteiger partial charge is 0.266 e. The molecule has 1 aromatic heterocycles. The van der Waals surface area contributed by atoms with Crippen LogP contribution in [-0.2, 0) is 4.79 Å². The SMILES string of the molecule is N#C/C(=C\c1ccc(N2CCCCC2)o1)C(=O)Nc1ccc2ccccc2c1. The van der Waals surface area contributed by atoms with E-state index in [0.29, 0.717) is 11.4 Å². The second kappa shape index (κ2) is 8.01. The average Bonchev–Trinajstić information content (AvgIpc) is 3.21. The van der Waals surface area contributed by atoms with E-state index in [2.05, 4.69) is 10.2 Å². The van der Waals surface area contributed by atoms with Gasteiger partial charge in [0.1, 0.15) is 17.4 Å². The summed E-state index contributed by atoms with van der Waals surface area (Å²) in [6, 6.07) is 19.2. The van der Waals surface area contributed by atoms with Crippen molar-refractivity contribution >= 4 is 34.3 Å². The maximum Gasteiger partial charge on any atom is 0.266 e. The average molecular weight is 371 g/mol. The lowest BCUT2D eigenvalue weighted by Gasteiger charge is -2.25. The number of hydrogen-bond donors (Lipinski definition) is 1. The zero-order chi connectivity index (χ0) is 19.3. The maximum absolute atomic E-state index is 12.5. The molecule has 1 N–H and O–H groups in total. The summed E-state index contributed by atoms with van der Waals surface area (Å²) >= 11 is 0. The van der Waals surface area contributed by atoms with Crippen LogP contribution >= 0.6 is 0 Å². The Morgan fingerprint density at radius 1 is 1.04 bits per heavy atom. The number of furan rings is 1. The van der Waals surface area contributed by atoms with Crippen molar-refractivity contribution in [2.45, 2.75) is 19.3 Å². The quantitative estimate of drug-likeness (QED) is 0.519. The molecule has 2 aromatic carbocycles. The lowest BCUT2D eigenvalue weighted by atomic mass is 10.1. The first kappa shape index (κ1) is 17.9. The third kappa shape index (κ3) is 3.91. The molecule has 5 heteroatoms. The summed E-state index contributed by atoms with van der Waals surface area (Å²) < 4.78 is 5.83. The summed E-state index contributed by atoms with van der Waals surface area (Å²) in [5.41, 5.74) is 0.658. The molecule has 28 heavy (non-hydrogen) atoms. The molecular weight excluding hydrogens is 350 g/mol. The first-order valence-electron chi connectivity index (χ1n) is 9.50. The van der Waals surface area contributed by atoms with E-state index in [9.17, 15) is 10.1 Å². The van der Waals surface area contributed by atoms with E-state index in [1.165, 1.54) is 12.5 Å². The van der Waals surface area contributed by atoms with E-state index in [1.807, 2.05) is 54.6 Å². The largest absolute Gasteiger partial charge is 0.441 e. The second-order valence-corrected chi connectivity index (χ2v) is 6.91. The van der Waals surface area contributed by atoms with Crippen molar-refractivity contribution in [1.82, 2.24) is 0 Å². The lowest BCUT2D eigenvalue weighted by Crippen LogP contribution is -2.28. The molecule has 0 spiro atoms. The Hall–Kier alpha value is -3.52. The van der Waals surface area contributed by atoms with Gasteiger partial charge in [0.15, 0.2) is 5.88 Å². The summed E-state index contributed by atoms with van der Waals surface area (Å²) in [5, 5.41) is 14.3. The van der Waals surface area contributed by atoms with Crippen LogP contribution in [0.4, 0.5) is 11.6 Å².